The first-order valence-corrected chi connectivity index (χ1v) is 10.0. The van der Waals surface area contributed by atoms with E-state index in [1.165, 1.54) is 11.1 Å². The van der Waals surface area contributed by atoms with Crippen molar-refractivity contribution < 1.29 is 4.74 Å². The molecule has 1 heterocycles. The lowest BCUT2D eigenvalue weighted by Crippen LogP contribution is -2.05. The number of aromatic nitrogens is 3. The van der Waals surface area contributed by atoms with Crippen LogP contribution in [0.1, 0.15) is 17.0 Å². The SMILES string of the molecule is C=CCn1c(Cc2ccc(OC)cc2)nnc1SCc1ccc(Br)cc1. The smallest absolute Gasteiger partial charge is 0.191 e. The van der Waals surface area contributed by atoms with Crippen molar-refractivity contribution in [2.75, 3.05) is 7.11 Å². The number of benzene rings is 2. The Hall–Kier alpha value is -2.05. The van der Waals surface area contributed by atoms with Crippen LogP contribution in [0, 0.1) is 0 Å². The molecule has 2 aromatic carbocycles. The molecule has 0 aliphatic carbocycles. The number of rotatable bonds is 8. The van der Waals surface area contributed by atoms with Crippen molar-refractivity contribution in [2.24, 2.45) is 0 Å². The van der Waals surface area contributed by atoms with E-state index < -0.39 is 0 Å². The third kappa shape index (κ3) is 4.77. The van der Waals surface area contributed by atoms with Crippen LogP contribution in [0.15, 0.2) is 70.8 Å². The van der Waals surface area contributed by atoms with Gasteiger partial charge in [-0.1, -0.05) is 58.0 Å². The molecule has 0 aliphatic rings. The number of nitrogens with zero attached hydrogens (tertiary/aromatic N) is 3. The highest BCUT2D eigenvalue weighted by atomic mass is 79.9. The molecule has 0 fully saturated rings. The van der Waals surface area contributed by atoms with Gasteiger partial charge in [0.15, 0.2) is 5.16 Å². The Bertz CT molecular complexity index is 860. The Balaban J connectivity index is 1.74. The van der Waals surface area contributed by atoms with Gasteiger partial charge in [-0.15, -0.1) is 16.8 Å². The van der Waals surface area contributed by atoms with Crippen LogP contribution in [-0.2, 0) is 18.7 Å². The standard InChI is InChI=1S/C20H20BrN3OS/c1-3-12-24-19(13-15-6-10-18(25-2)11-7-15)22-23-20(24)26-14-16-4-8-17(21)9-5-16/h3-11H,1,12-14H2,2H3. The van der Waals surface area contributed by atoms with Crippen molar-refractivity contribution in [1.82, 2.24) is 14.8 Å². The molecule has 26 heavy (non-hydrogen) atoms. The van der Waals surface area contributed by atoms with Crippen LogP contribution in [0.5, 0.6) is 5.75 Å². The molecule has 0 radical (unpaired) electrons. The molecular weight excluding hydrogens is 410 g/mol. The molecule has 3 rings (SSSR count). The van der Waals surface area contributed by atoms with E-state index in [0.29, 0.717) is 6.54 Å². The first-order valence-electron chi connectivity index (χ1n) is 8.22. The second kappa shape index (κ2) is 9.05. The fourth-order valence-corrected chi connectivity index (χ4v) is 3.71. The quantitative estimate of drug-likeness (QED) is 0.368. The van der Waals surface area contributed by atoms with Gasteiger partial charge in [0.05, 0.1) is 7.11 Å². The summed E-state index contributed by atoms with van der Waals surface area (Å²) in [5, 5.41) is 9.71. The summed E-state index contributed by atoms with van der Waals surface area (Å²) in [7, 11) is 1.67. The molecule has 1 aromatic heterocycles. The molecule has 0 unspecified atom stereocenters. The van der Waals surface area contributed by atoms with Crippen LogP contribution in [0.25, 0.3) is 0 Å². The van der Waals surface area contributed by atoms with Gasteiger partial charge in [-0.05, 0) is 35.4 Å². The molecule has 0 atom stereocenters. The molecule has 0 N–H and O–H groups in total. The Morgan fingerprint density at radius 1 is 1.08 bits per heavy atom. The van der Waals surface area contributed by atoms with Gasteiger partial charge in [0.25, 0.3) is 0 Å². The number of hydrogen-bond acceptors (Lipinski definition) is 4. The number of thioether (sulfide) groups is 1. The molecule has 4 nitrogen and oxygen atoms in total. The van der Waals surface area contributed by atoms with E-state index in [1.54, 1.807) is 18.9 Å². The van der Waals surface area contributed by atoms with Gasteiger partial charge < -0.3 is 9.30 Å². The summed E-state index contributed by atoms with van der Waals surface area (Å²) in [6.45, 7) is 4.56. The van der Waals surface area contributed by atoms with Gasteiger partial charge in [-0.25, -0.2) is 0 Å². The zero-order chi connectivity index (χ0) is 18.4. The maximum atomic E-state index is 5.21. The largest absolute Gasteiger partial charge is 0.497 e. The lowest BCUT2D eigenvalue weighted by Gasteiger charge is -2.08. The highest BCUT2D eigenvalue weighted by Gasteiger charge is 2.12. The minimum absolute atomic E-state index is 0.696. The van der Waals surface area contributed by atoms with Crippen LogP contribution in [0.2, 0.25) is 0 Å². The molecular formula is C20H20BrN3OS. The number of methoxy groups -OCH3 is 1. The van der Waals surface area contributed by atoms with E-state index in [9.17, 15) is 0 Å². The van der Waals surface area contributed by atoms with Crippen LogP contribution in [0.3, 0.4) is 0 Å². The summed E-state index contributed by atoms with van der Waals surface area (Å²) < 4.78 is 8.43. The maximum Gasteiger partial charge on any atom is 0.191 e. The average molecular weight is 430 g/mol. The Kier molecular flexibility index (Phi) is 6.52. The Morgan fingerprint density at radius 3 is 2.42 bits per heavy atom. The summed E-state index contributed by atoms with van der Waals surface area (Å²) in [6.07, 6.45) is 2.61. The second-order valence-electron chi connectivity index (χ2n) is 5.74. The van der Waals surface area contributed by atoms with Gasteiger partial charge in [-0.2, -0.15) is 0 Å². The predicted molar refractivity (Wildman–Crippen MR) is 110 cm³/mol. The Morgan fingerprint density at radius 2 is 1.77 bits per heavy atom. The number of halogens is 1. The lowest BCUT2D eigenvalue weighted by molar-refractivity contribution is 0.414. The third-order valence-corrected chi connectivity index (χ3v) is 5.47. The predicted octanol–water partition coefficient (Wildman–Crippen LogP) is 5.12. The molecule has 3 aromatic rings. The van der Waals surface area contributed by atoms with E-state index in [0.717, 1.165) is 33.4 Å². The van der Waals surface area contributed by atoms with Crippen LogP contribution >= 0.6 is 27.7 Å². The van der Waals surface area contributed by atoms with E-state index >= 15 is 0 Å². The zero-order valence-corrected chi connectivity index (χ0v) is 17.0. The van der Waals surface area contributed by atoms with Crippen molar-refractivity contribution >= 4 is 27.7 Å². The van der Waals surface area contributed by atoms with Crippen LogP contribution in [0.4, 0.5) is 0 Å². The summed E-state index contributed by atoms with van der Waals surface area (Å²) in [5.74, 6) is 2.64. The van der Waals surface area contributed by atoms with Crippen molar-refractivity contribution in [3.8, 4) is 5.75 Å². The first kappa shape index (κ1) is 18.7. The number of allylic oxidation sites excluding steroid dienone is 1. The molecule has 0 saturated heterocycles. The van der Waals surface area contributed by atoms with Crippen molar-refractivity contribution in [1.29, 1.82) is 0 Å². The normalized spacial score (nSPS) is 10.7. The van der Waals surface area contributed by atoms with Crippen molar-refractivity contribution in [3.63, 3.8) is 0 Å². The molecule has 0 aliphatic heterocycles. The van der Waals surface area contributed by atoms with Crippen LogP contribution in [-0.4, -0.2) is 21.9 Å². The minimum atomic E-state index is 0.696. The van der Waals surface area contributed by atoms with Gasteiger partial charge in [0, 0.05) is 23.2 Å². The highest BCUT2D eigenvalue weighted by molar-refractivity contribution is 9.10. The van der Waals surface area contributed by atoms with Crippen LogP contribution < -0.4 is 4.74 Å². The monoisotopic (exact) mass is 429 g/mol. The molecule has 6 heteroatoms. The topological polar surface area (TPSA) is 39.9 Å². The molecule has 0 bridgehead atoms. The summed E-state index contributed by atoms with van der Waals surface area (Å²) in [5.41, 5.74) is 2.43. The van der Waals surface area contributed by atoms with E-state index in [-0.39, 0.29) is 0 Å². The third-order valence-electron chi connectivity index (χ3n) is 3.91. The van der Waals surface area contributed by atoms with Crippen molar-refractivity contribution in [2.45, 2.75) is 23.9 Å². The highest BCUT2D eigenvalue weighted by Crippen LogP contribution is 2.24. The zero-order valence-electron chi connectivity index (χ0n) is 14.6. The average Bonchev–Trinajstić information content (AvgIpc) is 3.04. The maximum absolute atomic E-state index is 5.21. The van der Waals surface area contributed by atoms with E-state index in [1.807, 2.05) is 18.2 Å². The van der Waals surface area contributed by atoms with Gasteiger partial charge >= 0.3 is 0 Å². The molecule has 134 valence electrons. The Labute approximate surface area is 166 Å². The van der Waals surface area contributed by atoms with Crippen molar-refractivity contribution in [3.05, 3.63) is 82.6 Å². The molecule has 0 saturated carbocycles. The fourth-order valence-electron chi connectivity index (χ4n) is 2.52. The van der Waals surface area contributed by atoms with E-state index in [4.69, 9.17) is 4.74 Å². The van der Waals surface area contributed by atoms with Gasteiger partial charge in [0.2, 0.25) is 0 Å². The van der Waals surface area contributed by atoms with Gasteiger partial charge in [-0.3, -0.25) is 0 Å². The fraction of sp³-hybridized carbons (Fsp3) is 0.200. The molecule has 0 amide bonds. The minimum Gasteiger partial charge on any atom is -0.497 e. The number of ether oxygens (including phenoxy) is 1. The molecule has 0 spiro atoms. The number of hydrogen-bond donors (Lipinski definition) is 0. The lowest BCUT2D eigenvalue weighted by atomic mass is 10.1. The van der Waals surface area contributed by atoms with Gasteiger partial charge in [0.1, 0.15) is 11.6 Å². The van der Waals surface area contributed by atoms with E-state index in [2.05, 4.69) is 73.7 Å². The second-order valence-corrected chi connectivity index (χ2v) is 7.60. The first-order chi connectivity index (χ1) is 12.7. The summed E-state index contributed by atoms with van der Waals surface area (Å²) in [6, 6.07) is 16.4. The summed E-state index contributed by atoms with van der Waals surface area (Å²) >= 11 is 5.15. The summed E-state index contributed by atoms with van der Waals surface area (Å²) in [4.78, 5) is 0.